The van der Waals surface area contributed by atoms with Crippen LogP contribution < -0.4 is 5.76 Å². The van der Waals surface area contributed by atoms with Crippen molar-refractivity contribution in [1.29, 1.82) is 0 Å². The van der Waals surface area contributed by atoms with Crippen LogP contribution in [0.5, 0.6) is 0 Å². The molecule has 0 aliphatic rings. The molecule has 0 aliphatic heterocycles. The van der Waals surface area contributed by atoms with Crippen molar-refractivity contribution in [3.05, 3.63) is 39.5 Å². The van der Waals surface area contributed by atoms with Gasteiger partial charge in [0.1, 0.15) is 0 Å². The molecular formula is C12H15N5O3. The van der Waals surface area contributed by atoms with Crippen molar-refractivity contribution in [3.8, 4) is 0 Å². The second-order valence-corrected chi connectivity index (χ2v) is 4.37. The largest absolute Gasteiger partial charge is 0.434 e. The summed E-state index contributed by atoms with van der Waals surface area (Å²) in [7, 11) is 1.60. The topological polar surface area (TPSA) is 105 Å². The molecule has 0 fully saturated rings. The van der Waals surface area contributed by atoms with Crippen LogP contribution in [0.25, 0.3) is 0 Å². The van der Waals surface area contributed by atoms with E-state index in [-0.39, 0.29) is 18.3 Å². The molecule has 0 bridgehead atoms. The Morgan fingerprint density at radius 1 is 1.45 bits per heavy atom. The van der Waals surface area contributed by atoms with E-state index < -0.39 is 5.76 Å². The predicted octanol–water partition coefficient (Wildman–Crippen LogP) is 0.296. The minimum atomic E-state index is -0.642. The monoisotopic (exact) mass is 277 g/mol. The van der Waals surface area contributed by atoms with Crippen molar-refractivity contribution >= 4 is 5.91 Å². The minimum absolute atomic E-state index is 0.0993. The number of nitrogens with zero attached hydrogens (tertiary/aromatic N) is 4. The van der Waals surface area contributed by atoms with Crippen molar-refractivity contribution in [2.75, 3.05) is 7.05 Å². The molecule has 0 aromatic carbocycles. The Balaban J connectivity index is 2.22. The van der Waals surface area contributed by atoms with Gasteiger partial charge in [-0.25, -0.2) is 9.89 Å². The first-order valence-electron chi connectivity index (χ1n) is 6.14. The number of amides is 1. The molecule has 2 heterocycles. The minimum Gasteiger partial charge on any atom is -0.391 e. The molecule has 1 N–H and O–H groups in total. The van der Waals surface area contributed by atoms with Crippen LogP contribution >= 0.6 is 0 Å². The van der Waals surface area contributed by atoms with E-state index in [4.69, 9.17) is 4.42 Å². The molecule has 1 amide bonds. The lowest BCUT2D eigenvalue weighted by molar-refractivity contribution is 0.0770. The van der Waals surface area contributed by atoms with Gasteiger partial charge in [-0.2, -0.15) is 10.2 Å². The number of aromatic amines is 1. The Hall–Kier alpha value is -2.51. The van der Waals surface area contributed by atoms with Crippen LogP contribution in [-0.4, -0.2) is 38.2 Å². The van der Waals surface area contributed by atoms with Crippen LogP contribution in [0.2, 0.25) is 0 Å². The van der Waals surface area contributed by atoms with Crippen molar-refractivity contribution in [2.45, 2.75) is 26.8 Å². The lowest BCUT2D eigenvalue weighted by atomic mass is 10.1. The maximum atomic E-state index is 12.4. The van der Waals surface area contributed by atoms with Gasteiger partial charge in [-0.05, 0) is 19.4 Å². The van der Waals surface area contributed by atoms with E-state index in [9.17, 15) is 9.59 Å². The number of aryl methyl sites for hydroxylation is 2. The number of H-pyrrole nitrogens is 1. The highest BCUT2D eigenvalue weighted by Crippen LogP contribution is 2.11. The quantitative estimate of drug-likeness (QED) is 0.861. The first kappa shape index (κ1) is 13.9. The van der Waals surface area contributed by atoms with Crippen LogP contribution in [0.1, 0.15) is 34.6 Å². The Morgan fingerprint density at radius 2 is 2.20 bits per heavy atom. The molecule has 8 heteroatoms. The van der Waals surface area contributed by atoms with Crippen LogP contribution in [0.15, 0.2) is 15.3 Å². The fraction of sp³-hybridized carbons (Fsp3) is 0.417. The van der Waals surface area contributed by atoms with E-state index in [2.05, 4.69) is 20.4 Å². The standard InChI is InChI=1S/C12H15N5O3/c1-4-9-8(5-7(2)13-14-9)11(18)17(3)6-10-15-16-12(19)20-10/h5H,4,6H2,1-3H3,(H,16,19). The molecule has 0 saturated carbocycles. The third-order valence-electron chi connectivity index (χ3n) is 2.76. The number of hydrogen-bond acceptors (Lipinski definition) is 6. The Morgan fingerprint density at radius 3 is 2.80 bits per heavy atom. The fourth-order valence-electron chi connectivity index (χ4n) is 1.77. The zero-order chi connectivity index (χ0) is 14.7. The smallest absolute Gasteiger partial charge is 0.391 e. The molecule has 0 aliphatic carbocycles. The lowest BCUT2D eigenvalue weighted by Gasteiger charge is -2.16. The summed E-state index contributed by atoms with van der Waals surface area (Å²) in [4.78, 5) is 24.6. The summed E-state index contributed by atoms with van der Waals surface area (Å²) < 4.78 is 4.78. The predicted molar refractivity (Wildman–Crippen MR) is 69.1 cm³/mol. The summed E-state index contributed by atoms with van der Waals surface area (Å²) in [5, 5.41) is 13.8. The molecule has 0 atom stereocenters. The molecular weight excluding hydrogens is 262 g/mol. The first-order valence-corrected chi connectivity index (χ1v) is 6.14. The van der Waals surface area contributed by atoms with Gasteiger partial charge in [0.05, 0.1) is 23.5 Å². The molecule has 106 valence electrons. The van der Waals surface area contributed by atoms with Crippen LogP contribution in [0.3, 0.4) is 0 Å². The first-order chi connectivity index (χ1) is 9.51. The second-order valence-electron chi connectivity index (χ2n) is 4.37. The number of nitrogens with one attached hydrogen (secondary N) is 1. The number of carbonyl (C=O) groups is 1. The maximum Gasteiger partial charge on any atom is 0.434 e. The third-order valence-corrected chi connectivity index (χ3v) is 2.76. The zero-order valence-corrected chi connectivity index (χ0v) is 11.5. The molecule has 2 aromatic rings. The van der Waals surface area contributed by atoms with Gasteiger partial charge in [-0.1, -0.05) is 6.92 Å². The lowest BCUT2D eigenvalue weighted by Crippen LogP contribution is -2.28. The highest BCUT2D eigenvalue weighted by atomic mass is 16.4. The average Bonchev–Trinajstić information content (AvgIpc) is 2.83. The molecule has 2 rings (SSSR count). The number of hydrogen-bond donors (Lipinski definition) is 1. The van der Waals surface area contributed by atoms with Gasteiger partial charge in [0.25, 0.3) is 5.91 Å². The van der Waals surface area contributed by atoms with E-state index in [1.54, 1.807) is 20.0 Å². The van der Waals surface area contributed by atoms with Gasteiger partial charge in [0, 0.05) is 7.05 Å². The Bertz CT molecular complexity index is 676. The summed E-state index contributed by atoms with van der Waals surface area (Å²) in [6, 6.07) is 1.70. The summed E-state index contributed by atoms with van der Waals surface area (Å²) in [5.74, 6) is -0.704. The van der Waals surface area contributed by atoms with E-state index in [1.807, 2.05) is 6.92 Å². The summed E-state index contributed by atoms with van der Waals surface area (Å²) >= 11 is 0. The van der Waals surface area contributed by atoms with Gasteiger partial charge in [-0.15, -0.1) is 5.10 Å². The number of carbonyl (C=O) groups excluding carboxylic acids is 1. The fourth-order valence-corrected chi connectivity index (χ4v) is 1.77. The van der Waals surface area contributed by atoms with Gasteiger partial charge >= 0.3 is 5.76 Å². The van der Waals surface area contributed by atoms with Gasteiger partial charge in [-0.3, -0.25) is 4.79 Å². The molecule has 0 radical (unpaired) electrons. The van der Waals surface area contributed by atoms with Crippen molar-refractivity contribution in [2.24, 2.45) is 0 Å². The van der Waals surface area contributed by atoms with E-state index in [0.29, 0.717) is 23.4 Å². The molecule has 0 spiro atoms. The van der Waals surface area contributed by atoms with Crippen molar-refractivity contribution in [1.82, 2.24) is 25.3 Å². The van der Waals surface area contributed by atoms with Crippen LogP contribution in [0.4, 0.5) is 0 Å². The Kier molecular flexibility index (Phi) is 3.92. The average molecular weight is 277 g/mol. The number of aromatic nitrogens is 4. The highest BCUT2D eigenvalue weighted by Gasteiger charge is 2.18. The zero-order valence-electron chi connectivity index (χ0n) is 11.5. The third kappa shape index (κ3) is 2.90. The van der Waals surface area contributed by atoms with Crippen LogP contribution in [0, 0.1) is 6.92 Å². The summed E-state index contributed by atoms with van der Waals surface area (Å²) in [6.07, 6.45) is 0.611. The SMILES string of the molecule is CCc1nnc(C)cc1C(=O)N(C)Cc1n[nH]c(=O)o1. The molecule has 0 saturated heterocycles. The van der Waals surface area contributed by atoms with E-state index in [0.717, 1.165) is 0 Å². The van der Waals surface area contributed by atoms with Gasteiger partial charge in [0.15, 0.2) is 0 Å². The molecule has 20 heavy (non-hydrogen) atoms. The van der Waals surface area contributed by atoms with Gasteiger partial charge < -0.3 is 9.32 Å². The van der Waals surface area contributed by atoms with Gasteiger partial charge in [0.2, 0.25) is 5.89 Å². The van der Waals surface area contributed by atoms with Crippen molar-refractivity contribution in [3.63, 3.8) is 0 Å². The second kappa shape index (κ2) is 5.64. The maximum absolute atomic E-state index is 12.4. The van der Waals surface area contributed by atoms with Crippen molar-refractivity contribution < 1.29 is 9.21 Å². The molecule has 8 nitrogen and oxygen atoms in total. The number of rotatable bonds is 4. The molecule has 2 aromatic heterocycles. The van der Waals surface area contributed by atoms with Crippen LogP contribution in [-0.2, 0) is 13.0 Å². The summed E-state index contributed by atoms with van der Waals surface area (Å²) in [6.45, 7) is 3.78. The van der Waals surface area contributed by atoms with E-state index >= 15 is 0 Å². The Labute approximate surface area is 114 Å². The summed E-state index contributed by atoms with van der Waals surface area (Å²) in [5.41, 5.74) is 1.81. The highest BCUT2D eigenvalue weighted by molar-refractivity contribution is 5.95. The normalized spacial score (nSPS) is 10.6. The van der Waals surface area contributed by atoms with E-state index in [1.165, 1.54) is 4.90 Å². The molecule has 0 unspecified atom stereocenters.